The molecule has 0 aliphatic carbocycles. The molecule has 0 saturated carbocycles. The molecule has 2 heteroatoms. The maximum absolute atomic E-state index is 2.75. The SMILES string of the molecule is CN1CC2CN(Cc3ccccc3)C(C(C)(C)C)C2C1. The summed E-state index contributed by atoms with van der Waals surface area (Å²) in [4.78, 5) is 5.27. The quantitative estimate of drug-likeness (QED) is 0.816. The third-order valence-corrected chi connectivity index (χ3v) is 5.06. The van der Waals surface area contributed by atoms with Crippen molar-refractivity contribution in [3.8, 4) is 0 Å². The Morgan fingerprint density at radius 2 is 1.75 bits per heavy atom. The Hall–Kier alpha value is -0.860. The fourth-order valence-electron chi connectivity index (χ4n) is 4.53. The van der Waals surface area contributed by atoms with Gasteiger partial charge in [0.05, 0.1) is 0 Å². The van der Waals surface area contributed by atoms with Crippen LogP contribution in [0, 0.1) is 17.3 Å². The molecule has 0 bridgehead atoms. The summed E-state index contributed by atoms with van der Waals surface area (Å²) in [5.74, 6) is 1.72. The number of hydrogen-bond acceptors (Lipinski definition) is 2. The molecular formula is C18H28N2. The van der Waals surface area contributed by atoms with Gasteiger partial charge in [-0.3, -0.25) is 4.90 Å². The first-order valence-corrected chi connectivity index (χ1v) is 7.91. The van der Waals surface area contributed by atoms with Crippen molar-refractivity contribution in [3.05, 3.63) is 35.9 Å². The van der Waals surface area contributed by atoms with Crippen LogP contribution < -0.4 is 0 Å². The standard InChI is InChI=1S/C18H28N2/c1-18(2,3)17-16-13-19(4)11-15(16)12-20(17)10-14-8-6-5-7-9-14/h5-9,15-17H,10-13H2,1-4H3. The fourth-order valence-corrected chi connectivity index (χ4v) is 4.53. The van der Waals surface area contributed by atoms with Crippen molar-refractivity contribution in [2.75, 3.05) is 26.7 Å². The lowest BCUT2D eigenvalue weighted by Crippen LogP contribution is -2.44. The van der Waals surface area contributed by atoms with E-state index in [-0.39, 0.29) is 0 Å². The molecule has 110 valence electrons. The smallest absolute Gasteiger partial charge is 0.0237 e. The van der Waals surface area contributed by atoms with Crippen LogP contribution in [0.3, 0.4) is 0 Å². The van der Waals surface area contributed by atoms with E-state index in [0.29, 0.717) is 11.5 Å². The summed E-state index contributed by atoms with van der Waals surface area (Å²) < 4.78 is 0. The second kappa shape index (κ2) is 5.16. The van der Waals surface area contributed by atoms with Crippen LogP contribution in [0.5, 0.6) is 0 Å². The predicted octanol–water partition coefficient (Wildman–Crippen LogP) is 3.09. The van der Waals surface area contributed by atoms with E-state index < -0.39 is 0 Å². The second-order valence-corrected chi connectivity index (χ2v) is 7.87. The highest BCUT2D eigenvalue weighted by Gasteiger charge is 2.49. The Kier molecular flexibility index (Phi) is 3.64. The molecule has 2 saturated heterocycles. The molecule has 0 radical (unpaired) electrons. The Balaban J connectivity index is 1.80. The molecule has 3 unspecified atom stereocenters. The average Bonchev–Trinajstić information content (AvgIpc) is 2.84. The molecule has 1 aromatic carbocycles. The lowest BCUT2D eigenvalue weighted by molar-refractivity contribution is 0.0981. The number of benzene rings is 1. The second-order valence-electron chi connectivity index (χ2n) is 7.87. The van der Waals surface area contributed by atoms with Crippen LogP contribution in [-0.2, 0) is 6.54 Å². The Morgan fingerprint density at radius 1 is 1.05 bits per heavy atom. The lowest BCUT2D eigenvalue weighted by Gasteiger charge is -2.38. The van der Waals surface area contributed by atoms with E-state index >= 15 is 0 Å². The van der Waals surface area contributed by atoms with Crippen molar-refractivity contribution < 1.29 is 0 Å². The first-order valence-electron chi connectivity index (χ1n) is 7.91. The van der Waals surface area contributed by atoms with Crippen molar-refractivity contribution in [1.82, 2.24) is 9.80 Å². The molecule has 2 fully saturated rings. The molecule has 0 N–H and O–H groups in total. The van der Waals surface area contributed by atoms with Gasteiger partial charge in [0.15, 0.2) is 0 Å². The molecular weight excluding hydrogens is 244 g/mol. The zero-order valence-electron chi connectivity index (χ0n) is 13.3. The summed E-state index contributed by atoms with van der Waals surface area (Å²) in [6.07, 6.45) is 0. The highest BCUT2D eigenvalue weighted by molar-refractivity contribution is 5.16. The van der Waals surface area contributed by atoms with Crippen LogP contribution >= 0.6 is 0 Å². The van der Waals surface area contributed by atoms with Gasteiger partial charge in [-0.15, -0.1) is 0 Å². The molecule has 0 aromatic heterocycles. The molecule has 2 aliphatic rings. The van der Waals surface area contributed by atoms with Gasteiger partial charge < -0.3 is 4.90 Å². The monoisotopic (exact) mass is 272 g/mol. The third kappa shape index (κ3) is 2.64. The number of likely N-dealkylation sites (tertiary alicyclic amines) is 2. The molecule has 1 aromatic rings. The Labute approximate surface area is 123 Å². The van der Waals surface area contributed by atoms with Crippen molar-refractivity contribution >= 4 is 0 Å². The minimum Gasteiger partial charge on any atom is -0.306 e. The number of rotatable bonds is 2. The summed E-state index contributed by atoms with van der Waals surface area (Å²) >= 11 is 0. The highest BCUT2D eigenvalue weighted by atomic mass is 15.3. The summed E-state index contributed by atoms with van der Waals surface area (Å²) in [7, 11) is 2.28. The van der Waals surface area contributed by atoms with Crippen LogP contribution in [0.4, 0.5) is 0 Å². The largest absolute Gasteiger partial charge is 0.306 e. The average molecular weight is 272 g/mol. The minimum atomic E-state index is 0.360. The highest BCUT2D eigenvalue weighted by Crippen LogP contribution is 2.43. The predicted molar refractivity (Wildman–Crippen MR) is 84.6 cm³/mol. The zero-order chi connectivity index (χ0) is 14.3. The first-order chi connectivity index (χ1) is 9.45. The molecule has 2 aliphatic heterocycles. The molecule has 0 amide bonds. The normalized spacial score (nSPS) is 31.7. The Bertz CT molecular complexity index is 448. The van der Waals surface area contributed by atoms with Gasteiger partial charge in [0.2, 0.25) is 0 Å². The van der Waals surface area contributed by atoms with Gasteiger partial charge in [-0.05, 0) is 29.9 Å². The summed E-state index contributed by atoms with van der Waals surface area (Å²) in [6, 6.07) is 11.7. The summed E-state index contributed by atoms with van der Waals surface area (Å²) in [6.45, 7) is 12.2. The molecule has 2 heterocycles. The zero-order valence-corrected chi connectivity index (χ0v) is 13.3. The van der Waals surface area contributed by atoms with Crippen LogP contribution in [0.2, 0.25) is 0 Å². The van der Waals surface area contributed by atoms with E-state index in [1.807, 2.05) is 0 Å². The van der Waals surface area contributed by atoms with Crippen LogP contribution in [0.15, 0.2) is 30.3 Å². The van der Waals surface area contributed by atoms with Crippen molar-refractivity contribution in [2.24, 2.45) is 17.3 Å². The fraction of sp³-hybridized carbons (Fsp3) is 0.667. The van der Waals surface area contributed by atoms with Crippen LogP contribution in [0.1, 0.15) is 26.3 Å². The van der Waals surface area contributed by atoms with E-state index in [2.05, 4.69) is 68.0 Å². The Morgan fingerprint density at radius 3 is 2.40 bits per heavy atom. The van der Waals surface area contributed by atoms with Gasteiger partial charge in [0.1, 0.15) is 0 Å². The van der Waals surface area contributed by atoms with E-state index in [1.54, 1.807) is 0 Å². The summed E-state index contributed by atoms with van der Waals surface area (Å²) in [5.41, 5.74) is 1.81. The molecule has 3 atom stereocenters. The van der Waals surface area contributed by atoms with Gasteiger partial charge >= 0.3 is 0 Å². The lowest BCUT2D eigenvalue weighted by atomic mass is 9.77. The van der Waals surface area contributed by atoms with E-state index in [4.69, 9.17) is 0 Å². The van der Waals surface area contributed by atoms with E-state index in [1.165, 1.54) is 25.2 Å². The number of nitrogens with zero attached hydrogens (tertiary/aromatic N) is 2. The van der Waals surface area contributed by atoms with Crippen LogP contribution in [0.25, 0.3) is 0 Å². The maximum Gasteiger partial charge on any atom is 0.0237 e. The minimum absolute atomic E-state index is 0.360. The van der Waals surface area contributed by atoms with Gasteiger partial charge in [-0.2, -0.15) is 0 Å². The first kappa shape index (κ1) is 14.1. The molecule has 3 rings (SSSR count). The third-order valence-electron chi connectivity index (χ3n) is 5.06. The van der Waals surface area contributed by atoms with Gasteiger partial charge in [-0.25, -0.2) is 0 Å². The topological polar surface area (TPSA) is 6.48 Å². The van der Waals surface area contributed by atoms with Gasteiger partial charge in [-0.1, -0.05) is 51.1 Å². The number of fused-ring (bicyclic) bond motifs is 1. The van der Waals surface area contributed by atoms with E-state index in [0.717, 1.165) is 18.4 Å². The van der Waals surface area contributed by atoms with Crippen molar-refractivity contribution in [3.63, 3.8) is 0 Å². The summed E-state index contributed by atoms with van der Waals surface area (Å²) in [5, 5.41) is 0. The maximum atomic E-state index is 2.75. The number of hydrogen-bond donors (Lipinski definition) is 0. The van der Waals surface area contributed by atoms with E-state index in [9.17, 15) is 0 Å². The van der Waals surface area contributed by atoms with Gasteiger partial charge in [0, 0.05) is 32.2 Å². The van der Waals surface area contributed by atoms with Gasteiger partial charge in [0.25, 0.3) is 0 Å². The van der Waals surface area contributed by atoms with Crippen molar-refractivity contribution in [2.45, 2.75) is 33.4 Å². The molecule has 2 nitrogen and oxygen atoms in total. The molecule has 0 spiro atoms. The molecule has 20 heavy (non-hydrogen) atoms. The van der Waals surface area contributed by atoms with Crippen LogP contribution in [-0.4, -0.2) is 42.5 Å². The van der Waals surface area contributed by atoms with Crippen molar-refractivity contribution in [1.29, 1.82) is 0 Å².